The van der Waals surface area contributed by atoms with Gasteiger partial charge in [0, 0.05) is 37.8 Å². The summed E-state index contributed by atoms with van der Waals surface area (Å²) in [7, 11) is 0. The topological polar surface area (TPSA) is 90.9 Å². The minimum atomic E-state index is -4.50. The summed E-state index contributed by atoms with van der Waals surface area (Å²) in [5.41, 5.74) is 0.286. The van der Waals surface area contributed by atoms with Crippen molar-refractivity contribution in [2.45, 2.75) is 38.4 Å². The van der Waals surface area contributed by atoms with Crippen LogP contribution in [0.3, 0.4) is 0 Å². The number of carbonyl (C=O) groups is 2. The van der Waals surface area contributed by atoms with Gasteiger partial charge in [0.15, 0.2) is 0 Å². The molecule has 0 aromatic heterocycles. The predicted octanol–water partition coefficient (Wildman–Crippen LogP) is 4.00. The summed E-state index contributed by atoms with van der Waals surface area (Å²) < 4.78 is 44.5. The van der Waals surface area contributed by atoms with Crippen LogP contribution >= 0.6 is 0 Å². The van der Waals surface area contributed by atoms with Crippen molar-refractivity contribution in [3.8, 4) is 5.75 Å². The van der Waals surface area contributed by atoms with Crippen LogP contribution in [-0.4, -0.2) is 60.7 Å². The van der Waals surface area contributed by atoms with E-state index in [-0.39, 0.29) is 30.0 Å². The number of phenols is 1. The number of carbonyl (C=O) groups excluding carboxylic acids is 2. The van der Waals surface area contributed by atoms with Gasteiger partial charge in [-0.1, -0.05) is 26.0 Å². The van der Waals surface area contributed by atoms with Gasteiger partial charge in [-0.2, -0.15) is 13.2 Å². The Morgan fingerprint density at radius 2 is 1.64 bits per heavy atom. The zero-order valence-electron chi connectivity index (χ0n) is 20.3. The van der Waals surface area contributed by atoms with Crippen LogP contribution in [0.2, 0.25) is 0 Å². The van der Waals surface area contributed by atoms with Crippen LogP contribution in [-0.2, 0) is 20.5 Å². The Morgan fingerprint density at radius 3 is 2.19 bits per heavy atom. The number of aromatic hydroxyl groups is 1. The van der Waals surface area contributed by atoms with E-state index in [0.717, 1.165) is 17.8 Å². The standard InChI is InChI=1S/C26H32F3N3O4/c1-17(2)23(16-30-20-7-9-21(33)10-8-20)31-25(35)22(15-24(34)32-11-13-36-14-12-32)18-3-5-19(6-4-18)26(27,28)29/h3-10,17,22-23,30,33H,11-16H2,1-2H3,(H,31,35)/t22-,23+/m0/s1. The molecule has 0 unspecified atom stereocenters. The first-order chi connectivity index (χ1) is 17.0. The van der Waals surface area contributed by atoms with Crippen molar-refractivity contribution in [3.05, 3.63) is 59.7 Å². The molecule has 1 heterocycles. The number of morpholine rings is 1. The molecule has 2 aromatic rings. The van der Waals surface area contributed by atoms with Crippen LogP contribution in [0.15, 0.2) is 48.5 Å². The molecule has 7 nitrogen and oxygen atoms in total. The number of anilines is 1. The largest absolute Gasteiger partial charge is 0.508 e. The molecule has 2 aromatic carbocycles. The number of hydrogen-bond acceptors (Lipinski definition) is 5. The molecule has 1 aliphatic heterocycles. The summed E-state index contributed by atoms with van der Waals surface area (Å²) in [6.07, 6.45) is -4.66. The Kier molecular flexibility index (Phi) is 9.19. The molecule has 0 aliphatic carbocycles. The van der Waals surface area contributed by atoms with Gasteiger partial charge in [-0.3, -0.25) is 9.59 Å². The van der Waals surface area contributed by atoms with E-state index < -0.39 is 23.6 Å². The lowest BCUT2D eigenvalue weighted by Crippen LogP contribution is -2.47. The molecule has 36 heavy (non-hydrogen) atoms. The van der Waals surface area contributed by atoms with Crippen molar-refractivity contribution in [2.24, 2.45) is 5.92 Å². The van der Waals surface area contributed by atoms with Gasteiger partial charge in [0.2, 0.25) is 11.8 Å². The maximum Gasteiger partial charge on any atom is 0.416 e. The van der Waals surface area contributed by atoms with E-state index >= 15 is 0 Å². The lowest BCUT2D eigenvalue weighted by Gasteiger charge is -2.30. The zero-order valence-corrected chi connectivity index (χ0v) is 20.3. The van der Waals surface area contributed by atoms with E-state index in [4.69, 9.17) is 4.74 Å². The summed E-state index contributed by atoms with van der Waals surface area (Å²) >= 11 is 0. The summed E-state index contributed by atoms with van der Waals surface area (Å²) in [5.74, 6) is -1.46. The molecule has 0 radical (unpaired) electrons. The number of rotatable bonds is 9. The second-order valence-corrected chi connectivity index (χ2v) is 9.16. The van der Waals surface area contributed by atoms with Crippen LogP contribution in [0.25, 0.3) is 0 Å². The maximum absolute atomic E-state index is 13.4. The van der Waals surface area contributed by atoms with Gasteiger partial charge in [0.05, 0.1) is 24.7 Å². The molecular formula is C26H32F3N3O4. The Morgan fingerprint density at radius 1 is 1.03 bits per heavy atom. The van der Waals surface area contributed by atoms with Crippen LogP contribution in [0.4, 0.5) is 18.9 Å². The fraction of sp³-hybridized carbons (Fsp3) is 0.462. The Balaban J connectivity index is 1.77. The Bertz CT molecular complexity index is 1000. The molecule has 2 atom stereocenters. The van der Waals surface area contributed by atoms with Crippen LogP contribution in [0.1, 0.15) is 37.3 Å². The second kappa shape index (κ2) is 12.1. The van der Waals surface area contributed by atoms with E-state index in [9.17, 15) is 27.9 Å². The lowest BCUT2D eigenvalue weighted by molar-refractivity contribution is -0.138. The predicted molar refractivity (Wildman–Crippen MR) is 130 cm³/mol. The van der Waals surface area contributed by atoms with E-state index in [1.807, 2.05) is 13.8 Å². The molecule has 1 saturated heterocycles. The quantitative estimate of drug-likeness (QED) is 0.447. The highest BCUT2D eigenvalue weighted by molar-refractivity contribution is 5.90. The lowest BCUT2D eigenvalue weighted by atomic mass is 9.92. The van der Waals surface area contributed by atoms with Gasteiger partial charge in [-0.05, 0) is 47.9 Å². The smallest absolute Gasteiger partial charge is 0.416 e. The summed E-state index contributed by atoms with van der Waals surface area (Å²) in [6.45, 7) is 5.88. The third-order valence-electron chi connectivity index (χ3n) is 6.23. The third kappa shape index (κ3) is 7.61. The SMILES string of the molecule is CC(C)[C@@H](CNc1ccc(O)cc1)NC(=O)[C@@H](CC(=O)N1CCOCC1)c1ccc(C(F)(F)F)cc1. The minimum absolute atomic E-state index is 0.0294. The van der Waals surface area contributed by atoms with Crippen LogP contribution in [0, 0.1) is 5.92 Å². The highest BCUT2D eigenvalue weighted by Crippen LogP contribution is 2.31. The van der Waals surface area contributed by atoms with Crippen molar-refractivity contribution in [1.82, 2.24) is 10.2 Å². The van der Waals surface area contributed by atoms with Gasteiger partial charge < -0.3 is 25.4 Å². The average Bonchev–Trinajstić information content (AvgIpc) is 2.85. The number of benzene rings is 2. The first-order valence-electron chi connectivity index (χ1n) is 11.9. The fourth-order valence-corrected chi connectivity index (χ4v) is 3.93. The molecule has 196 valence electrons. The minimum Gasteiger partial charge on any atom is -0.508 e. The number of amides is 2. The number of hydrogen-bond donors (Lipinski definition) is 3. The van der Waals surface area contributed by atoms with Gasteiger partial charge in [-0.15, -0.1) is 0 Å². The zero-order chi connectivity index (χ0) is 26.3. The molecule has 0 bridgehead atoms. The van der Waals surface area contributed by atoms with E-state index in [1.54, 1.807) is 29.2 Å². The highest BCUT2D eigenvalue weighted by atomic mass is 19.4. The van der Waals surface area contributed by atoms with Crippen molar-refractivity contribution in [3.63, 3.8) is 0 Å². The molecule has 1 aliphatic rings. The molecule has 3 rings (SSSR count). The average molecular weight is 508 g/mol. The number of alkyl halides is 3. The molecule has 2 amide bonds. The molecule has 1 fully saturated rings. The van der Waals surface area contributed by atoms with Gasteiger partial charge in [0.1, 0.15) is 5.75 Å². The number of nitrogens with one attached hydrogen (secondary N) is 2. The van der Waals surface area contributed by atoms with Crippen molar-refractivity contribution in [2.75, 3.05) is 38.2 Å². The molecule has 10 heteroatoms. The fourth-order valence-electron chi connectivity index (χ4n) is 3.93. The van der Waals surface area contributed by atoms with E-state index in [2.05, 4.69) is 10.6 Å². The first kappa shape index (κ1) is 27.3. The number of ether oxygens (including phenoxy) is 1. The molecule has 0 spiro atoms. The first-order valence-corrected chi connectivity index (χ1v) is 11.9. The normalized spacial score (nSPS) is 15.9. The van der Waals surface area contributed by atoms with Gasteiger partial charge in [0.25, 0.3) is 0 Å². The molecule has 3 N–H and O–H groups in total. The molecule has 0 saturated carbocycles. The van der Waals surface area contributed by atoms with Crippen LogP contribution < -0.4 is 10.6 Å². The highest BCUT2D eigenvalue weighted by Gasteiger charge is 2.32. The Hall–Kier alpha value is -3.27. The van der Waals surface area contributed by atoms with E-state index in [1.165, 1.54) is 12.1 Å². The summed E-state index contributed by atoms with van der Waals surface area (Å²) in [5, 5.41) is 15.6. The van der Waals surface area contributed by atoms with Crippen LogP contribution in [0.5, 0.6) is 5.75 Å². The maximum atomic E-state index is 13.4. The number of halogens is 3. The third-order valence-corrected chi connectivity index (χ3v) is 6.23. The van der Waals surface area contributed by atoms with Gasteiger partial charge in [-0.25, -0.2) is 0 Å². The second-order valence-electron chi connectivity index (χ2n) is 9.16. The monoisotopic (exact) mass is 507 g/mol. The summed E-state index contributed by atoms with van der Waals surface area (Å²) in [6, 6.07) is 10.6. The Labute approximate surface area is 208 Å². The van der Waals surface area contributed by atoms with Crippen molar-refractivity contribution < 1.29 is 32.6 Å². The van der Waals surface area contributed by atoms with Crippen molar-refractivity contribution in [1.29, 1.82) is 0 Å². The molecular weight excluding hydrogens is 475 g/mol. The number of nitrogens with zero attached hydrogens (tertiary/aromatic N) is 1. The van der Waals surface area contributed by atoms with Crippen molar-refractivity contribution >= 4 is 17.5 Å². The summed E-state index contributed by atoms with van der Waals surface area (Å²) in [4.78, 5) is 28.0. The number of phenolic OH excluding ortho intramolecular Hbond substituents is 1. The van der Waals surface area contributed by atoms with Gasteiger partial charge >= 0.3 is 6.18 Å². The van der Waals surface area contributed by atoms with E-state index in [0.29, 0.717) is 38.4 Å².